The number of halogens is 1. The first-order valence-electron chi connectivity index (χ1n) is 5.26. The number of ether oxygens (including phenoxy) is 1. The van der Waals surface area contributed by atoms with Gasteiger partial charge in [-0.2, -0.15) is 0 Å². The van der Waals surface area contributed by atoms with Crippen LogP contribution in [0.25, 0.3) is 0 Å². The molecule has 0 saturated carbocycles. The summed E-state index contributed by atoms with van der Waals surface area (Å²) in [6.07, 6.45) is 2.60. The van der Waals surface area contributed by atoms with Crippen molar-refractivity contribution < 1.29 is 14.6 Å². The molecular formula is C12H10ClN3O3. The quantitative estimate of drug-likeness (QED) is 0.895. The molecule has 1 aromatic carbocycles. The molecule has 7 heteroatoms. The van der Waals surface area contributed by atoms with Crippen molar-refractivity contribution in [2.45, 2.75) is 0 Å². The van der Waals surface area contributed by atoms with Gasteiger partial charge in [0.2, 0.25) is 0 Å². The summed E-state index contributed by atoms with van der Waals surface area (Å²) < 4.78 is 5.08. The Bertz CT molecular complexity index is 619. The van der Waals surface area contributed by atoms with Crippen LogP contribution in [0.4, 0.5) is 11.5 Å². The number of hydrogen-bond donors (Lipinski definition) is 2. The zero-order valence-corrected chi connectivity index (χ0v) is 10.7. The SMILES string of the molecule is COc1cc(Nc2cncc(C(=O)O)n2)ccc1Cl. The number of carboxylic acid groups (broad SMARTS) is 1. The van der Waals surface area contributed by atoms with Crippen LogP contribution in [0, 0.1) is 0 Å². The van der Waals surface area contributed by atoms with E-state index in [1.54, 1.807) is 18.2 Å². The summed E-state index contributed by atoms with van der Waals surface area (Å²) in [4.78, 5) is 18.5. The molecular weight excluding hydrogens is 270 g/mol. The number of nitrogens with zero attached hydrogens (tertiary/aromatic N) is 2. The predicted molar refractivity (Wildman–Crippen MR) is 70.3 cm³/mol. The lowest BCUT2D eigenvalue weighted by Crippen LogP contribution is -2.04. The van der Waals surface area contributed by atoms with Gasteiger partial charge in [0.25, 0.3) is 0 Å². The molecule has 0 unspecified atom stereocenters. The number of anilines is 2. The summed E-state index contributed by atoms with van der Waals surface area (Å²) in [5.41, 5.74) is 0.531. The highest BCUT2D eigenvalue weighted by Crippen LogP contribution is 2.28. The van der Waals surface area contributed by atoms with Crippen molar-refractivity contribution in [1.82, 2.24) is 9.97 Å². The van der Waals surface area contributed by atoms with Gasteiger partial charge in [-0.1, -0.05) is 11.6 Å². The number of benzene rings is 1. The second kappa shape index (κ2) is 5.53. The lowest BCUT2D eigenvalue weighted by atomic mass is 10.3. The number of aromatic nitrogens is 2. The normalized spacial score (nSPS) is 10.0. The smallest absolute Gasteiger partial charge is 0.356 e. The van der Waals surface area contributed by atoms with Gasteiger partial charge >= 0.3 is 5.97 Å². The number of carboxylic acids is 1. The fourth-order valence-electron chi connectivity index (χ4n) is 1.41. The average Bonchev–Trinajstić information content (AvgIpc) is 2.41. The number of rotatable bonds is 4. The first-order chi connectivity index (χ1) is 9.10. The van der Waals surface area contributed by atoms with E-state index >= 15 is 0 Å². The molecule has 0 spiro atoms. The van der Waals surface area contributed by atoms with Crippen molar-refractivity contribution in [2.24, 2.45) is 0 Å². The van der Waals surface area contributed by atoms with Crippen LogP contribution in [0.3, 0.4) is 0 Å². The van der Waals surface area contributed by atoms with Crippen molar-refractivity contribution >= 4 is 29.1 Å². The first kappa shape index (κ1) is 13.1. The highest BCUT2D eigenvalue weighted by molar-refractivity contribution is 6.32. The van der Waals surface area contributed by atoms with Crippen molar-refractivity contribution in [3.05, 3.63) is 41.3 Å². The minimum absolute atomic E-state index is 0.133. The van der Waals surface area contributed by atoms with E-state index in [1.807, 2.05) is 0 Å². The summed E-state index contributed by atoms with van der Waals surface area (Å²) in [6, 6.07) is 5.06. The van der Waals surface area contributed by atoms with Crippen LogP contribution in [-0.4, -0.2) is 28.2 Å². The van der Waals surface area contributed by atoms with Gasteiger partial charge in [0, 0.05) is 11.8 Å². The molecule has 0 fully saturated rings. The number of methoxy groups -OCH3 is 1. The molecule has 2 aromatic rings. The number of nitrogens with one attached hydrogen (secondary N) is 1. The van der Waals surface area contributed by atoms with E-state index in [9.17, 15) is 4.79 Å². The van der Waals surface area contributed by atoms with E-state index in [0.29, 0.717) is 22.3 Å². The molecule has 0 bridgehead atoms. The monoisotopic (exact) mass is 279 g/mol. The Hall–Kier alpha value is -2.34. The summed E-state index contributed by atoms with van der Waals surface area (Å²) in [7, 11) is 1.51. The van der Waals surface area contributed by atoms with Gasteiger partial charge in [-0.25, -0.2) is 9.78 Å². The Morgan fingerprint density at radius 1 is 1.42 bits per heavy atom. The maximum Gasteiger partial charge on any atom is 0.356 e. The Labute approximate surface area is 114 Å². The van der Waals surface area contributed by atoms with Crippen LogP contribution in [0.5, 0.6) is 5.75 Å². The lowest BCUT2D eigenvalue weighted by molar-refractivity contribution is 0.0690. The van der Waals surface area contributed by atoms with Gasteiger partial charge in [0.05, 0.1) is 24.5 Å². The van der Waals surface area contributed by atoms with Crippen LogP contribution in [-0.2, 0) is 0 Å². The summed E-state index contributed by atoms with van der Waals surface area (Å²) in [6.45, 7) is 0. The van der Waals surface area contributed by atoms with Crippen molar-refractivity contribution in [1.29, 1.82) is 0 Å². The highest BCUT2D eigenvalue weighted by Gasteiger charge is 2.07. The second-order valence-corrected chi connectivity index (χ2v) is 3.98. The minimum atomic E-state index is -1.13. The molecule has 0 saturated heterocycles. The third-order valence-corrected chi connectivity index (χ3v) is 2.59. The number of aromatic carboxylic acids is 1. The Morgan fingerprint density at radius 2 is 2.21 bits per heavy atom. The molecule has 0 atom stereocenters. The minimum Gasteiger partial charge on any atom is -0.495 e. The molecule has 1 aromatic heterocycles. The first-order valence-corrected chi connectivity index (χ1v) is 5.64. The highest BCUT2D eigenvalue weighted by atomic mass is 35.5. The van der Waals surface area contributed by atoms with Gasteiger partial charge in [-0.15, -0.1) is 0 Å². The second-order valence-electron chi connectivity index (χ2n) is 3.57. The van der Waals surface area contributed by atoms with Crippen LogP contribution >= 0.6 is 11.6 Å². The zero-order valence-electron chi connectivity index (χ0n) is 9.92. The van der Waals surface area contributed by atoms with Crippen LogP contribution in [0.15, 0.2) is 30.6 Å². The van der Waals surface area contributed by atoms with E-state index in [4.69, 9.17) is 21.4 Å². The van der Waals surface area contributed by atoms with E-state index in [-0.39, 0.29) is 5.69 Å². The molecule has 0 amide bonds. The molecule has 1 heterocycles. The third kappa shape index (κ3) is 3.11. The molecule has 6 nitrogen and oxygen atoms in total. The van der Waals surface area contributed by atoms with Gasteiger partial charge in [-0.3, -0.25) is 4.98 Å². The van der Waals surface area contributed by atoms with Crippen molar-refractivity contribution in [3.8, 4) is 5.75 Å². The van der Waals surface area contributed by atoms with Crippen molar-refractivity contribution in [3.63, 3.8) is 0 Å². The van der Waals surface area contributed by atoms with Gasteiger partial charge < -0.3 is 15.2 Å². The molecule has 19 heavy (non-hydrogen) atoms. The lowest BCUT2D eigenvalue weighted by Gasteiger charge is -2.08. The summed E-state index contributed by atoms with van der Waals surface area (Å²) in [5, 5.41) is 12.2. The Balaban J connectivity index is 2.26. The molecule has 2 N–H and O–H groups in total. The molecule has 0 aliphatic heterocycles. The van der Waals surface area contributed by atoms with Crippen LogP contribution in [0.2, 0.25) is 5.02 Å². The molecule has 0 aliphatic carbocycles. The largest absolute Gasteiger partial charge is 0.495 e. The molecule has 0 aliphatic rings. The van der Waals surface area contributed by atoms with E-state index in [2.05, 4.69) is 15.3 Å². The van der Waals surface area contributed by atoms with Crippen LogP contribution in [0.1, 0.15) is 10.5 Å². The molecule has 98 valence electrons. The standard InChI is InChI=1S/C12H10ClN3O3/c1-19-10-4-7(2-3-8(10)13)15-11-6-14-5-9(16-11)12(17)18/h2-6H,1H3,(H,15,16)(H,17,18). The molecule has 2 rings (SSSR count). The maximum absolute atomic E-state index is 10.8. The maximum atomic E-state index is 10.8. The predicted octanol–water partition coefficient (Wildman–Crippen LogP) is 2.58. The summed E-state index contributed by atoms with van der Waals surface area (Å²) >= 11 is 5.91. The number of hydrogen-bond acceptors (Lipinski definition) is 5. The van der Waals surface area contributed by atoms with Gasteiger partial charge in [-0.05, 0) is 12.1 Å². The van der Waals surface area contributed by atoms with Crippen LogP contribution < -0.4 is 10.1 Å². The Morgan fingerprint density at radius 3 is 2.89 bits per heavy atom. The zero-order chi connectivity index (χ0) is 13.8. The number of carbonyl (C=O) groups is 1. The van der Waals surface area contributed by atoms with Crippen molar-refractivity contribution in [2.75, 3.05) is 12.4 Å². The summed E-state index contributed by atoms with van der Waals surface area (Å²) in [5.74, 6) is -0.303. The third-order valence-electron chi connectivity index (χ3n) is 2.28. The fraction of sp³-hybridized carbons (Fsp3) is 0.0833. The van der Waals surface area contributed by atoms with E-state index < -0.39 is 5.97 Å². The molecule has 0 radical (unpaired) electrons. The van der Waals surface area contributed by atoms with E-state index in [1.165, 1.54) is 19.5 Å². The topological polar surface area (TPSA) is 84.3 Å². The van der Waals surface area contributed by atoms with E-state index in [0.717, 1.165) is 0 Å². The Kier molecular flexibility index (Phi) is 3.82. The van der Waals surface area contributed by atoms with Gasteiger partial charge in [0.1, 0.15) is 11.6 Å². The fourth-order valence-corrected chi connectivity index (χ4v) is 1.61. The average molecular weight is 280 g/mol. The van der Waals surface area contributed by atoms with Gasteiger partial charge in [0.15, 0.2) is 5.69 Å².